The Morgan fingerprint density at radius 2 is 1.57 bits per heavy atom. The fourth-order valence-electron chi connectivity index (χ4n) is 5.68. The molecule has 4 fully saturated rings. The summed E-state index contributed by atoms with van der Waals surface area (Å²) in [5.74, 6) is 2.96. The largest absolute Gasteiger partial charge is 0.294 e. The number of hydrogen-bond acceptors (Lipinski definition) is 2. The van der Waals surface area contributed by atoms with Crippen LogP contribution in [0.2, 0.25) is 0 Å². The fourth-order valence-corrected chi connectivity index (χ4v) is 5.68. The topological polar surface area (TPSA) is 40.9 Å². The number of rotatable bonds is 3. The number of nitrogens with zero attached hydrogens (tertiary/aromatic N) is 1. The van der Waals surface area contributed by atoms with Gasteiger partial charge in [0.15, 0.2) is 5.78 Å². The average Bonchev–Trinajstić information content (AvgIpc) is 2.45. The van der Waals surface area contributed by atoms with Gasteiger partial charge in [0.1, 0.15) is 0 Å². The van der Waals surface area contributed by atoms with Crippen molar-refractivity contribution in [1.82, 2.24) is 0 Å². The van der Waals surface area contributed by atoms with E-state index in [2.05, 4.69) is 6.07 Å². The SMILES string of the molecule is N#Cc1ccc(C(=O)CC23CC4CC(CC(C4)C2)C3)cc1. The summed E-state index contributed by atoms with van der Waals surface area (Å²) in [4.78, 5) is 12.6. The fraction of sp³-hybridized carbons (Fsp3) is 0.579. The van der Waals surface area contributed by atoms with Gasteiger partial charge in [-0.25, -0.2) is 0 Å². The Bertz CT molecular complexity index is 572. The Hall–Kier alpha value is -1.62. The van der Waals surface area contributed by atoms with Gasteiger partial charge in [-0.3, -0.25) is 4.79 Å². The number of Topliss-reactive ketones (excluding diaryl/α,β-unsaturated/α-hetero) is 1. The maximum absolute atomic E-state index is 12.6. The molecule has 2 heteroatoms. The highest BCUT2D eigenvalue weighted by Gasteiger charge is 2.51. The maximum atomic E-state index is 12.6. The van der Waals surface area contributed by atoms with E-state index in [1.807, 2.05) is 12.1 Å². The molecule has 1 aromatic rings. The van der Waals surface area contributed by atoms with Gasteiger partial charge in [0.25, 0.3) is 0 Å². The van der Waals surface area contributed by atoms with Crippen molar-refractivity contribution in [3.05, 3.63) is 35.4 Å². The van der Waals surface area contributed by atoms with Gasteiger partial charge in [-0.2, -0.15) is 5.26 Å². The van der Waals surface area contributed by atoms with Gasteiger partial charge in [0.05, 0.1) is 11.6 Å². The first-order valence-corrected chi connectivity index (χ1v) is 8.19. The van der Waals surface area contributed by atoms with Crippen LogP contribution in [0.25, 0.3) is 0 Å². The highest BCUT2D eigenvalue weighted by molar-refractivity contribution is 5.96. The summed E-state index contributed by atoms with van der Waals surface area (Å²) in [7, 11) is 0. The molecule has 0 heterocycles. The van der Waals surface area contributed by atoms with Crippen LogP contribution >= 0.6 is 0 Å². The van der Waals surface area contributed by atoms with Crippen LogP contribution in [0.5, 0.6) is 0 Å². The molecule has 0 N–H and O–H groups in total. The number of carbonyl (C=O) groups is 1. The van der Waals surface area contributed by atoms with Crippen molar-refractivity contribution in [3.8, 4) is 6.07 Å². The standard InChI is InChI=1S/C19H21NO/c20-12-13-1-3-17(4-2-13)18(21)11-19-8-14-5-15(9-19)7-16(6-14)10-19/h1-4,14-16H,5-11H2. The van der Waals surface area contributed by atoms with Crippen LogP contribution in [0.4, 0.5) is 0 Å². The molecular formula is C19H21NO. The average molecular weight is 279 g/mol. The van der Waals surface area contributed by atoms with Gasteiger partial charge < -0.3 is 0 Å². The highest BCUT2D eigenvalue weighted by Crippen LogP contribution is 2.61. The number of nitriles is 1. The maximum Gasteiger partial charge on any atom is 0.163 e. The van der Waals surface area contributed by atoms with Crippen LogP contribution < -0.4 is 0 Å². The van der Waals surface area contributed by atoms with E-state index in [0.29, 0.717) is 11.0 Å². The molecule has 4 aliphatic carbocycles. The summed E-state index contributed by atoms with van der Waals surface area (Å²) in [6.45, 7) is 0. The third-order valence-electron chi connectivity index (χ3n) is 6.04. The zero-order valence-corrected chi connectivity index (χ0v) is 12.3. The van der Waals surface area contributed by atoms with Crippen molar-refractivity contribution in [2.24, 2.45) is 23.2 Å². The number of benzene rings is 1. The molecule has 21 heavy (non-hydrogen) atoms. The van der Waals surface area contributed by atoms with Gasteiger partial charge >= 0.3 is 0 Å². The number of ketones is 1. The van der Waals surface area contributed by atoms with Gasteiger partial charge in [-0.15, -0.1) is 0 Å². The minimum atomic E-state index is 0.279. The van der Waals surface area contributed by atoms with Crippen molar-refractivity contribution in [1.29, 1.82) is 5.26 Å². The van der Waals surface area contributed by atoms with E-state index in [4.69, 9.17) is 5.26 Å². The van der Waals surface area contributed by atoms with E-state index >= 15 is 0 Å². The third kappa shape index (κ3) is 2.29. The van der Waals surface area contributed by atoms with E-state index < -0.39 is 0 Å². The Kier molecular flexibility index (Phi) is 2.92. The Morgan fingerprint density at radius 3 is 2.05 bits per heavy atom. The molecular weight excluding hydrogens is 258 g/mol. The Balaban J connectivity index is 1.52. The molecule has 4 aliphatic rings. The van der Waals surface area contributed by atoms with Crippen molar-refractivity contribution in [2.75, 3.05) is 0 Å². The van der Waals surface area contributed by atoms with Crippen molar-refractivity contribution in [2.45, 2.75) is 44.9 Å². The monoisotopic (exact) mass is 279 g/mol. The first kappa shape index (κ1) is 13.1. The minimum absolute atomic E-state index is 0.279. The van der Waals surface area contributed by atoms with Crippen LogP contribution in [0.3, 0.4) is 0 Å². The van der Waals surface area contributed by atoms with E-state index in [1.54, 1.807) is 12.1 Å². The molecule has 0 saturated heterocycles. The molecule has 0 radical (unpaired) electrons. The zero-order chi connectivity index (χ0) is 14.4. The molecule has 0 atom stereocenters. The lowest BCUT2D eigenvalue weighted by molar-refractivity contribution is -0.0524. The van der Waals surface area contributed by atoms with Gasteiger partial charge in [-0.05, 0) is 73.8 Å². The highest BCUT2D eigenvalue weighted by atomic mass is 16.1. The molecule has 2 nitrogen and oxygen atoms in total. The summed E-state index contributed by atoms with van der Waals surface area (Å²) >= 11 is 0. The van der Waals surface area contributed by atoms with E-state index in [-0.39, 0.29) is 5.78 Å². The van der Waals surface area contributed by atoms with E-state index in [9.17, 15) is 4.79 Å². The van der Waals surface area contributed by atoms with Crippen LogP contribution in [-0.4, -0.2) is 5.78 Å². The Labute approximate surface area is 126 Å². The molecule has 108 valence electrons. The Morgan fingerprint density at radius 1 is 1.05 bits per heavy atom. The summed E-state index contributed by atoms with van der Waals surface area (Å²) in [6.07, 6.45) is 8.82. The van der Waals surface area contributed by atoms with Gasteiger partial charge in [-0.1, -0.05) is 12.1 Å². The third-order valence-corrected chi connectivity index (χ3v) is 6.04. The second-order valence-corrected chi connectivity index (χ2v) is 7.71. The minimum Gasteiger partial charge on any atom is -0.294 e. The predicted molar refractivity (Wildman–Crippen MR) is 80.7 cm³/mol. The molecule has 0 aromatic heterocycles. The summed E-state index contributed by atoms with van der Waals surface area (Å²) < 4.78 is 0. The second kappa shape index (κ2) is 4.70. The first-order chi connectivity index (χ1) is 10.2. The van der Waals surface area contributed by atoms with Crippen molar-refractivity contribution in [3.63, 3.8) is 0 Å². The molecule has 0 amide bonds. The lowest BCUT2D eigenvalue weighted by atomic mass is 9.48. The second-order valence-electron chi connectivity index (χ2n) is 7.71. The van der Waals surface area contributed by atoms with E-state index in [0.717, 1.165) is 29.7 Å². The zero-order valence-electron chi connectivity index (χ0n) is 12.3. The summed E-state index contributed by atoms with van der Waals surface area (Å²) in [5, 5.41) is 8.84. The normalized spacial score (nSPS) is 36.4. The smallest absolute Gasteiger partial charge is 0.163 e. The molecule has 0 unspecified atom stereocenters. The van der Waals surface area contributed by atoms with Gasteiger partial charge in [0.2, 0.25) is 0 Å². The van der Waals surface area contributed by atoms with Crippen molar-refractivity contribution >= 4 is 5.78 Å². The quantitative estimate of drug-likeness (QED) is 0.772. The molecule has 4 bridgehead atoms. The molecule has 0 spiro atoms. The summed E-state index contributed by atoms with van der Waals surface area (Å²) in [5.41, 5.74) is 1.71. The molecule has 4 saturated carbocycles. The molecule has 5 rings (SSSR count). The lowest BCUT2D eigenvalue weighted by Gasteiger charge is -2.56. The van der Waals surface area contributed by atoms with Gasteiger partial charge in [0, 0.05) is 12.0 Å². The van der Waals surface area contributed by atoms with Crippen LogP contribution in [0.1, 0.15) is 60.9 Å². The van der Waals surface area contributed by atoms with Crippen LogP contribution in [-0.2, 0) is 0 Å². The number of hydrogen-bond donors (Lipinski definition) is 0. The lowest BCUT2D eigenvalue weighted by Crippen LogP contribution is -2.46. The van der Waals surface area contributed by atoms with E-state index in [1.165, 1.54) is 38.5 Å². The molecule has 0 aliphatic heterocycles. The summed E-state index contributed by atoms with van der Waals surface area (Å²) in [6, 6.07) is 9.26. The van der Waals surface area contributed by atoms with Crippen molar-refractivity contribution < 1.29 is 4.79 Å². The van der Waals surface area contributed by atoms with Crippen LogP contribution in [0, 0.1) is 34.5 Å². The predicted octanol–water partition coefficient (Wildman–Crippen LogP) is 4.35. The first-order valence-electron chi connectivity index (χ1n) is 8.19. The number of carbonyl (C=O) groups excluding carboxylic acids is 1. The molecule has 1 aromatic carbocycles. The van der Waals surface area contributed by atoms with Crippen LogP contribution in [0.15, 0.2) is 24.3 Å².